The van der Waals surface area contributed by atoms with E-state index in [-0.39, 0.29) is 5.75 Å². The van der Waals surface area contributed by atoms with Crippen LogP contribution in [0, 0.1) is 23.7 Å². The van der Waals surface area contributed by atoms with Gasteiger partial charge in [-0.05, 0) is 55.2 Å². The van der Waals surface area contributed by atoms with E-state index >= 15 is 0 Å². The lowest BCUT2D eigenvalue weighted by Gasteiger charge is -2.30. The van der Waals surface area contributed by atoms with Gasteiger partial charge in [0, 0.05) is 17.9 Å². The van der Waals surface area contributed by atoms with Crippen molar-refractivity contribution in [1.29, 1.82) is 0 Å². The summed E-state index contributed by atoms with van der Waals surface area (Å²) in [7, 11) is 1.48. The number of methoxy groups -OCH3 is 1. The molecule has 24 heavy (non-hydrogen) atoms. The second kappa shape index (κ2) is 6.51. The van der Waals surface area contributed by atoms with Crippen LogP contribution in [0.5, 0.6) is 11.5 Å². The van der Waals surface area contributed by atoms with Crippen molar-refractivity contribution in [2.24, 2.45) is 23.7 Å². The third-order valence-corrected chi connectivity index (χ3v) is 6.58. The number of ether oxygens (including phenoxy) is 2. The Morgan fingerprint density at radius 2 is 1.96 bits per heavy atom. The SMILES string of the molecule is COc1cc(C[NH2+][C@H]2C[C@H]3C[C@H]2[C@H]2CCC[C@H]32)ccc1OC(F)F. The van der Waals surface area contributed by atoms with Gasteiger partial charge in [0.2, 0.25) is 0 Å². The van der Waals surface area contributed by atoms with E-state index in [1.807, 2.05) is 12.1 Å². The van der Waals surface area contributed by atoms with Crippen molar-refractivity contribution in [3.63, 3.8) is 0 Å². The molecule has 2 N–H and O–H groups in total. The van der Waals surface area contributed by atoms with E-state index in [9.17, 15) is 8.78 Å². The molecule has 0 saturated heterocycles. The number of alkyl halides is 2. The fourth-order valence-electron chi connectivity index (χ4n) is 5.71. The molecule has 2 bridgehead atoms. The molecule has 5 atom stereocenters. The number of fused-ring (bicyclic) bond motifs is 5. The molecule has 4 rings (SSSR count). The van der Waals surface area contributed by atoms with Crippen molar-refractivity contribution < 1.29 is 23.6 Å². The van der Waals surface area contributed by atoms with Gasteiger partial charge in [-0.25, -0.2) is 0 Å². The predicted octanol–water partition coefficient (Wildman–Crippen LogP) is 3.18. The highest BCUT2D eigenvalue weighted by Gasteiger charge is 2.55. The third kappa shape index (κ3) is 2.87. The highest BCUT2D eigenvalue weighted by molar-refractivity contribution is 5.42. The number of benzene rings is 1. The summed E-state index contributed by atoms with van der Waals surface area (Å²) in [6, 6.07) is 6.00. The number of halogens is 2. The molecule has 3 saturated carbocycles. The van der Waals surface area contributed by atoms with E-state index in [2.05, 4.69) is 10.1 Å². The van der Waals surface area contributed by atoms with E-state index in [4.69, 9.17) is 4.74 Å². The lowest BCUT2D eigenvalue weighted by atomic mass is 9.79. The first kappa shape index (κ1) is 16.1. The van der Waals surface area contributed by atoms with E-state index < -0.39 is 6.61 Å². The Kier molecular flexibility index (Phi) is 4.37. The fraction of sp³-hybridized carbons (Fsp3) is 0.684. The van der Waals surface area contributed by atoms with Gasteiger partial charge >= 0.3 is 6.61 Å². The van der Waals surface area contributed by atoms with Gasteiger partial charge in [-0.3, -0.25) is 0 Å². The Balaban J connectivity index is 1.38. The highest BCUT2D eigenvalue weighted by atomic mass is 19.3. The number of rotatable bonds is 6. The van der Waals surface area contributed by atoms with Gasteiger partial charge in [0.25, 0.3) is 0 Å². The molecule has 3 nitrogen and oxygen atoms in total. The molecule has 0 heterocycles. The number of nitrogens with two attached hydrogens (primary N) is 1. The molecular weight excluding hydrogens is 312 g/mol. The molecule has 0 aliphatic heterocycles. The topological polar surface area (TPSA) is 35.1 Å². The van der Waals surface area contributed by atoms with E-state index in [0.717, 1.165) is 41.8 Å². The first-order chi connectivity index (χ1) is 11.7. The fourth-order valence-corrected chi connectivity index (χ4v) is 5.71. The van der Waals surface area contributed by atoms with Crippen molar-refractivity contribution in [3.05, 3.63) is 23.8 Å². The molecule has 3 aliphatic carbocycles. The summed E-state index contributed by atoms with van der Waals surface area (Å²) in [6.07, 6.45) is 7.11. The Morgan fingerprint density at radius 1 is 1.12 bits per heavy atom. The minimum absolute atomic E-state index is 0.102. The van der Waals surface area contributed by atoms with Crippen LogP contribution in [0.4, 0.5) is 8.78 Å². The van der Waals surface area contributed by atoms with Crippen molar-refractivity contribution in [1.82, 2.24) is 0 Å². The summed E-state index contributed by atoms with van der Waals surface area (Å²) in [5.41, 5.74) is 1.10. The maximum atomic E-state index is 12.4. The maximum Gasteiger partial charge on any atom is 0.387 e. The lowest BCUT2D eigenvalue weighted by molar-refractivity contribution is -0.711. The van der Waals surface area contributed by atoms with Crippen LogP contribution in [0.1, 0.15) is 37.7 Å². The van der Waals surface area contributed by atoms with E-state index in [1.165, 1.54) is 39.2 Å². The summed E-state index contributed by atoms with van der Waals surface area (Å²) >= 11 is 0. The largest absolute Gasteiger partial charge is 0.493 e. The zero-order valence-corrected chi connectivity index (χ0v) is 14.1. The van der Waals surface area contributed by atoms with Crippen LogP contribution in [0.15, 0.2) is 18.2 Å². The molecule has 0 aromatic heterocycles. The van der Waals surface area contributed by atoms with Gasteiger partial charge in [0.1, 0.15) is 6.54 Å². The Bertz CT molecular complexity index is 595. The van der Waals surface area contributed by atoms with Crippen LogP contribution < -0.4 is 14.8 Å². The summed E-state index contributed by atoms with van der Waals surface area (Å²) in [5.74, 6) is 4.33. The van der Waals surface area contributed by atoms with Gasteiger partial charge < -0.3 is 14.8 Å². The Labute approximate surface area is 141 Å². The van der Waals surface area contributed by atoms with Gasteiger partial charge in [-0.2, -0.15) is 8.78 Å². The summed E-state index contributed by atoms with van der Waals surface area (Å²) < 4.78 is 34.5. The van der Waals surface area contributed by atoms with Crippen molar-refractivity contribution in [2.45, 2.75) is 51.3 Å². The molecular formula is C19H26F2NO2+. The molecule has 1 aromatic carbocycles. The van der Waals surface area contributed by atoms with E-state index in [1.54, 1.807) is 6.07 Å². The van der Waals surface area contributed by atoms with Gasteiger partial charge in [0.05, 0.1) is 13.2 Å². The molecule has 0 unspecified atom stereocenters. The predicted molar refractivity (Wildman–Crippen MR) is 86.1 cm³/mol. The molecule has 5 heteroatoms. The van der Waals surface area contributed by atoms with Crippen LogP contribution in [0.2, 0.25) is 0 Å². The first-order valence-electron chi connectivity index (χ1n) is 9.10. The normalized spacial score (nSPS) is 33.9. The van der Waals surface area contributed by atoms with Gasteiger partial charge in [-0.15, -0.1) is 0 Å². The monoisotopic (exact) mass is 338 g/mol. The molecule has 132 valence electrons. The lowest BCUT2D eigenvalue weighted by Crippen LogP contribution is -2.90. The average Bonchev–Trinajstić information content (AvgIpc) is 3.26. The van der Waals surface area contributed by atoms with Crippen LogP contribution in [-0.2, 0) is 6.54 Å². The average molecular weight is 338 g/mol. The molecule has 0 radical (unpaired) electrons. The number of hydrogen-bond acceptors (Lipinski definition) is 2. The Hall–Kier alpha value is -1.36. The van der Waals surface area contributed by atoms with Crippen molar-refractivity contribution >= 4 is 0 Å². The number of hydrogen-bond donors (Lipinski definition) is 1. The zero-order valence-electron chi connectivity index (χ0n) is 14.1. The molecule has 0 spiro atoms. The zero-order chi connectivity index (χ0) is 16.7. The van der Waals surface area contributed by atoms with Crippen LogP contribution in [0.3, 0.4) is 0 Å². The first-order valence-corrected chi connectivity index (χ1v) is 9.10. The summed E-state index contributed by atoms with van der Waals surface area (Å²) in [6.45, 7) is -1.96. The minimum atomic E-state index is -2.83. The standard InChI is InChI=1S/C19H25F2NO2/c1-23-18-7-11(5-6-17(18)24-19(20)21)10-22-16-9-12-8-15(16)14-4-2-3-13(12)14/h5-7,12-16,19,22H,2-4,8-10H2,1H3/p+1/t12-,13-,14+,15+,16+/m1/s1. The third-order valence-electron chi connectivity index (χ3n) is 6.58. The van der Waals surface area contributed by atoms with Crippen molar-refractivity contribution in [2.75, 3.05) is 7.11 Å². The Morgan fingerprint density at radius 3 is 2.75 bits per heavy atom. The van der Waals surface area contributed by atoms with Gasteiger partial charge in [-0.1, -0.05) is 6.42 Å². The van der Waals surface area contributed by atoms with Crippen LogP contribution in [0.25, 0.3) is 0 Å². The minimum Gasteiger partial charge on any atom is -0.493 e. The smallest absolute Gasteiger partial charge is 0.387 e. The molecule has 1 aromatic rings. The molecule has 3 fully saturated rings. The quantitative estimate of drug-likeness (QED) is 0.865. The van der Waals surface area contributed by atoms with Crippen LogP contribution in [-0.4, -0.2) is 19.8 Å². The number of quaternary nitrogens is 1. The second-order valence-electron chi connectivity index (χ2n) is 7.62. The summed E-state index contributed by atoms with van der Waals surface area (Å²) in [4.78, 5) is 0. The van der Waals surface area contributed by atoms with E-state index in [0.29, 0.717) is 5.75 Å². The molecule has 3 aliphatic rings. The van der Waals surface area contributed by atoms with Gasteiger partial charge in [0.15, 0.2) is 11.5 Å². The molecule has 0 amide bonds. The summed E-state index contributed by atoms with van der Waals surface area (Å²) in [5, 5.41) is 2.46. The highest BCUT2D eigenvalue weighted by Crippen LogP contribution is 2.57. The van der Waals surface area contributed by atoms with Crippen molar-refractivity contribution in [3.8, 4) is 11.5 Å². The second-order valence-corrected chi connectivity index (χ2v) is 7.62. The maximum absolute atomic E-state index is 12.4. The van der Waals surface area contributed by atoms with Crippen LogP contribution >= 0.6 is 0 Å².